The lowest BCUT2D eigenvalue weighted by atomic mass is 9.79. The first-order chi connectivity index (χ1) is 21.9. The Morgan fingerprint density at radius 1 is 0.761 bits per heavy atom. The number of fused-ring (bicyclic) bond motifs is 6. The van der Waals surface area contributed by atoms with Gasteiger partial charge in [-0.2, -0.15) is 4.58 Å². The molecule has 0 fully saturated rings. The van der Waals surface area contributed by atoms with Crippen molar-refractivity contribution in [2.45, 2.75) is 79.1 Å². The lowest BCUT2D eigenvalue weighted by Crippen LogP contribution is -2.28. The molecule has 0 saturated carbocycles. The quantitative estimate of drug-likeness (QED) is 0.132. The van der Waals surface area contributed by atoms with Crippen molar-refractivity contribution in [3.63, 3.8) is 0 Å². The minimum absolute atomic E-state index is 0.150. The van der Waals surface area contributed by atoms with Crippen LogP contribution in [0.4, 0.5) is 11.4 Å². The van der Waals surface area contributed by atoms with E-state index in [2.05, 4.69) is 162 Å². The van der Waals surface area contributed by atoms with E-state index in [1.807, 2.05) is 0 Å². The Labute approximate surface area is 281 Å². The molecule has 0 radical (unpaired) electrons. The number of allylic oxidation sites excluding steroid dienone is 6. The van der Waals surface area contributed by atoms with Crippen molar-refractivity contribution in [3.8, 4) is 0 Å². The van der Waals surface area contributed by atoms with Crippen LogP contribution in [0.15, 0.2) is 108 Å². The van der Waals surface area contributed by atoms with E-state index < -0.39 is 0 Å². The van der Waals surface area contributed by atoms with E-state index in [0.29, 0.717) is 11.8 Å². The zero-order valence-corrected chi connectivity index (χ0v) is 29.7. The highest BCUT2D eigenvalue weighted by Gasteiger charge is 2.45. The first-order valence-corrected chi connectivity index (χ1v) is 17.5. The summed E-state index contributed by atoms with van der Waals surface area (Å²) in [6, 6.07) is 26.8. The monoisotopic (exact) mass is 629 g/mol. The van der Waals surface area contributed by atoms with Gasteiger partial charge in [-0.3, -0.25) is 0 Å². The Kier molecular flexibility index (Phi) is 8.81. The van der Waals surface area contributed by atoms with Crippen molar-refractivity contribution >= 4 is 50.2 Å². The van der Waals surface area contributed by atoms with Crippen LogP contribution in [0.25, 0.3) is 21.5 Å². The van der Waals surface area contributed by atoms with Crippen molar-refractivity contribution in [1.82, 2.24) is 0 Å². The van der Waals surface area contributed by atoms with Gasteiger partial charge in [0.2, 0.25) is 5.69 Å². The Morgan fingerprint density at radius 3 is 2.02 bits per heavy atom. The van der Waals surface area contributed by atoms with Gasteiger partial charge < -0.3 is 4.90 Å². The van der Waals surface area contributed by atoms with Gasteiger partial charge in [-0.05, 0) is 89.6 Å². The van der Waals surface area contributed by atoms with Gasteiger partial charge in [-0.1, -0.05) is 108 Å². The Morgan fingerprint density at radius 2 is 1.37 bits per heavy atom. The van der Waals surface area contributed by atoms with Crippen LogP contribution in [0.2, 0.25) is 0 Å². The third-order valence-corrected chi connectivity index (χ3v) is 10.4. The maximum absolute atomic E-state index is 7.07. The molecule has 0 atom stereocenters. The summed E-state index contributed by atoms with van der Waals surface area (Å²) in [5, 5.41) is 6.00. The average molecular weight is 630 g/mol. The van der Waals surface area contributed by atoms with Crippen LogP contribution in [-0.2, 0) is 10.8 Å². The molecule has 0 spiro atoms. The van der Waals surface area contributed by atoms with Crippen LogP contribution >= 0.6 is 11.6 Å². The molecule has 0 bridgehead atoms. The van der Waals surface area contributed by atoms with Gasteiger partial charge in [-0.15, -0.1) is 0 Å². The molecule has 2 heterocycles. The van der Waals surface area contributed by atoms with E-state index in [9.17, 15) is 0 Å². The lowest BCUT2D eigenvalue weighted by Gasteiger charge is -2.27. The van der Waals surface area contributed by atoms with Crippen molar-refractivity contribution in [2.24, 2.45) is 11.8 Å². The summed E-state index contributed by atoms with van der Waals surface area (Å²) >= 11 is 7.07. The fraction of sp³-hybridized carbons (Fsp3) is 0.372. The average Bonchev–Trinajstić information content (AvgIpc) is 3.38. The highest BCUT2D eigenvalue weighted by Crippen LogP contribution is 2.51. The van der Waals surface area contributed by atoms with Gasteiger partial charge in [0.25, 0.3) is 0 Å². The van der Waals surface area contributed by atoms with Gasteiger partial charge in [0.05, 0.1) is 5.41 Å². The number of halogens is 1. The number of benzene rings is 4. The number of hydrogen-bond acceptors (Lipinski definition) is 1. The van der Waals surface area contributed by atoms with Crippen LogP contribution in [0.1, 0.15) is 79.4 Å². The van der Waals surface area contributed by atoms with Crippen LogP contribution in [0.3, 0.4) is 0 Å². The summed E-state index contributed by atoms with van der Waals surface area (Å²) in [6.45, 7) is 20.7. The molecule has 0 amide bonds. The smallest absolute Gasteiger partial charge is 0.210 e. The number of rotatable bonds is 9. The molecule has 3 heteroatoms. The maximum atomic E-state index is 7.07. The predicted octanol–water partition coefficient (Wildman–Crippen LogP) is 11.8. The van der Waals surface area contributed by atoms with Crippen LogP contribution < -0.4 is 4.90 Å². The Hall–Kier alpha value is -3.62. The third-order valence-electron chi connectivity index (χ3n) is 10.2. The minimum Gasteiger partial charge on any atom is -0.344 e. The Bertz CT molecular complexity index is 1910. The molecule has 4 aromatic rings. The second-order valence-electron chi connectivity index (χ2n) is 15.1. The fourth-order valence-corrected chi connectivity index (χ4v) is 7.83. The first-order valence-electron chi connectivity index (χ1n) is 17.1. The molecule has 238 valence electrons. The van der Waals surface area contributed by atoms with Crippen molar-refractivity contribution in [3.05, 3.63) is 119 Å². The molecule has 0 aliphatic carbocycles. The van der Waals surface area contributed by atoms with Gasteiger partial charge >= 0.3 is 0 Å². The van der Waals surface area contributed by atoms with E-state index in [4.69, 9.17) is 11.6 Å². The number of anilines is 1. The standard InChI is InChI=1S/C43H50ClN2/c1-29(2)25-27-45-36-21-17-31-13-9-11-15-34(31)40(36)42(5,6)38(45)23-19-33(44)20-24-39-43(7,8)41-35-16-12-10-14-32(35)18-22-37(41)46(39)28-26-30(3)4/h9-24,29-30H,25-28H2,1-8H3/q+1. The minimum atomic E-state index is -0.150. The highest BCUT2D eigenvalue weighted by molar-refractivity contribution is 6.31. The van der Waals surface area contributed by atoms with Gasteiger partial charge in [-0.25, -0.2) is 0 Å². The number of hydrogen-bond donors (Lipinski definition) is 0. The second kappa shape index (κ2) is 12.5. The molecular weight excluding hydrogens is 580 g/mol. The summed E-state index contributed by atoms with van der Waals surface area (Å²) in [7, 11) is 0. The normalized spacial score (nSPS) is 18.3. The number of nitrogens with zero attached hydrogens (tertiary/aromatic N) is 2. The first kappa shape index (κ1) is 32.3. The van der Waals surface area contributed by atoms with Gasteiger partial charge in [0.1, 0.15) is 6.54 Å². The highest BCUT2D eigenvalue weighted by atomic mass is 35.5. The predicted molar refractivity (Wildman–Crippen MR) is 201 cm³/mol. The van der Waals surface area contributed by atoms with E-state index in [-0.39, 0.29) is 10.8 Å². The summed E-state index contributed by atoms with van der Waals surface area (Å²) in [4.78, 5) is 2.54. The van der Waals surface area contributed by atoms with Gasteiger partial charge in [0, 0.05) is 52.5 Å². The maximum Gasteiger partial charge on any atom is 0.210 e. The topological polar surface area (TPSA) is 6.25 Å². The zero-order valence-electron chi connectivity index (χ0n) is 29.0. The van der Waals surface area contributed by atoms with Crippen LogP contribution in [0, 0.1) is 11.8 Å². The Balaban J connectivity index is 1.39. The third kappa shape index (κ3) is 5.75. The molecule has 0 aromatic heterocycles. The zero-order chi connectivity index (χ0) is 32.8. The van der Waals surface area contributed by atoms with Crippen molar-refractivity contribution in [1.29, 1.82) is 0 Å². The summed E-state index contributed by atoms with van der Waals surface area (Å²) in [6.07, 6.45) is 11.0. The SMILES string of the molecule is CC(C)CCN1/C(=C/C=C(Cl)/C=C/C2=[N+](CCC(C)C)c3ccc4ccccc4c3C2(C)C)C(C)(C)c2c1ccc1ccccc21. The summed E-state index contributed by atoms with van der Waals surface area (Å²) in [5.41, 5.74) is 7.78. The summed E-state index contributed by atoms with van der Waals surface area (Å²) < 4.78 is 2.54. The second-order valence-corrected chi connectivity index (χ2v) is 15.5. The molecule has 0 saturated heterocycles. The molecule has 46 heavy (non-hydrogen) atoms. The van der Waals surface area contributed by atoms with E-state index >= 15 is 0 Å². The van der Waals surface area contributed by atoms with Crippen LogP contribution in [0.5, 0.6) is 0 Å². The molecule has 0 N–H and O–H groups in total. The molecule has 2 aliphatic rings. The molecular formula is C43H50ClN2+. The molecule has 4 aromatic carbocycles. The van der Waals surface area contributed by atoms with E-state index in [0.717, 1.165) is 31.0 Å². The largest absolute Gasteiger partial charge is 0.344 e. The summed E-state index contributed by atoms with van der Waals surface area (Å²) in [5.74, 6) is 1.25. The van der Waals surface area contributed by atoms with Crippen molar-refractivity contribution < 1.29 is 4.58 Å². The molecule has 2 aliphatic heterocycles. The van der Waals surface area contributed by atoms with Gasteiger partial charge in [0.15, 0.2) is 5.71 Å². The van der Waals surface area contributed by atoms with Crippen LogP contribution in [-0.4, -0.2) is 23.4 Å². The van der Waals surface area contributed by atoms with E-state index in [1.54, 1.807) is 0 Å². The van der Waals surface area contributed by atoms with E-state index in [1.165, 1.54) is 55.5 Å². The molecule has 0 unspecified atom stereocenters. The molecule has 6 rings (SSSR count). The lowest BCUT2D eigenvalue weighted by molar-refractivity contribution is -0.439. The fourth-order valence-electron chi connectivity index (χ4n) is 7.70. The van der Waals surface area contributed by atoms with Crippen molar-refractivity contribution in [2.75, 3.05) is 18.0 Å². The molecule has 2 nitrogen and oxygen atoms in total.